The van der Waals surface area contributed by atoms with E-state index in [1.165, 1.54) is 16.2 Å². The number of hydrogen-bond acceptors (Lipinski definition) is 6. The highest BCUT2D eigenvalue weighted by Gasteiger charge is 2.43. The number of nitrogens with zero attached hydrogens (tertiary/aromatic N) is 2. The number of hydrogen-bond donors (Lipinski definition) is 1. The molecule has 1 unspecified atom stereocenters. The fourth-order valence-corrected chi connectivity index (χ4v) is 3.61. The molecule has 3 rings (SSSR count). The quantitative estimate of drug-likeness (QED) is 0.755. The lowest BCUT2D eigenvalue weighted by molar-refractivity contribution is -0.130. The molecule has 0 bridgehead atoms. The van der Waals surface area contributed by atoms with Gasteiger partial charge in [0.05, 0.1) is 29.2 Å². The van der Waals surface area contributed by atoms with Crippen molar-refractivity contribution in [3.05, 3.63) is 63.8 Å². The molecule has 1 aliphatic heterocycles. The van der Waals surface area contributed by atoms with E-state index in [2.05, 4.69) is 4.98 Å². The van der Waals surface area contributed by atoms with Gasteiger partial charge in [0.2, 0.25) is 5.78 Å². The third-order valence-electron chi connectivity index (χ3n) is 4.10. The van der Waals surface area contributed by atoms with Gasteiger partial charge in [-0.15, -0.1) is 11.3 Å². The van der Waals surface area contributed by atoms with Crippen LogP contribution in [0.15, 0.2) is 53.4 Å². The van der Waals surface area contributed by atoms with E-state index in [1.54, 1.807) is 42.0 Å². The average Bonchev–Trinajstić information content (AvgIpc) is 3.24. The van der Waals surface area contributed by atoms with E-state index in [-0.39, 0.29) is 24.0 Å². The molecule has 3 heterocycles. The Balaban J connectivity index is 1.97. The molecule has 0 radical (unpaired) electrons. The lowest BCUT2D eigenvalue weighted by Gasteiger charge is -2.26. The highest BCUT2D eigenvalue weighted by Crippen LogP contribution is 2.39. The van der Waals surface area contributed by atoms with Crippen molar-refractivity contribution >= 4 is 23.0 Å². The van der Waals surface area contributed by atoms with E-state index < -0.39 is 17.7 Å². The molecule has 0 aromatic carbocycles. The maximum absolute atomic E-state index is 12.9. The second-order valence-electron chi connectivity index (χ2n) is 6.17. The van der Waals surface area contributed by atoms with Gasteiger partial charge in [-0.2, -0.15) is 0 Å². The summed E-state index contributed by atoms with van der Waals surface area (Å²) in [6.07, 6.45) is 3.23. The molecule has 0 saturated heterocycles. The summed E-state index contributed by atoms with van der Waals surface area (Å²) in [5.41, 5.74) is 0.829. The van der Waals surface area contributed by atoms with Crippen molar-refractivity contribution in [2.45, 2.75) is 26.0 Å². The summed E-state index contributed by atoms with van der Waals surface area (Å²) in [7, 11) is 0. The number of aliphatic hydroxyl groups excluding tert-OH is 1. The van der Waals surface area contributed by atoms with E-state index in [1.807, 2.05) is 13.8 Å². The number of ketones is 1. The monoisotopic (exact) mass is 372 g/mol. The molecule has 1 aliphatic rings. The van der Waals surface area contributed by atoms with E-state index in [9.17, 15) is 14.7 Å². The van der Waals surface area contributed by atoms with Gasteiger partial charge in [-0.25, -0.2) is 0 Å². The summed E-state index contributed by atoms with van der Waals surface area (Å²) in [5, 5.41) is 12.2. The molecule has 26 heavy (non-hydrogen) atoms. The first-order chi connectivity index (χ1) is 12.5. The summed E-state index contributed by atoms with van der Waals surface area (Å²) >= 11 is 1.28. The Kier molecular flexibility index (Phi) is 5.49. The van der Waals surface area contributed by atoms with Crippen molar-refractivity contribution in [2.24, 2.45) is 0 Å². The minimum Gasteiger partial charge on any atom is -0.503 e. The van der Waals surface area contributed by atoms with Crippen molar-refractivity contribution < 1.29 is 19.4 Å². The SMILES string of the molecule is CC(C)OCCN1C(=O)C(O)=C(C(=O)c2cccs2)C1c1ccncc1. The predicted octanol–water partition coefficient (Wildman–Crippen LogP) is 3.15. The summed E-state index contributed by atoms with van der Waals surface area (Å²) in [6, 6.07) is 6.28. The number of ether oxygens (including phenoxy) is 1. The number of thiophene rings is 1. The first-order valence-electron chi connectivity index (χ1n) is 8.34. The highest BCUT2D eigenvalue weighted by atomic mass is 32.1. The zero-order chi connectivity index (χ0) is 18.7. The number of amides is 1. The van der Waals surface area contributed by atoms with Crippen LogP contribution in [0.5, 0.6) is 0 Å². The Labute approximate surface area is 155 Å². The zero-order valence-electron chi connectivity index (χ0n) is 14.6. The predicted molar refractivity (Wildman–Crippen MR) is 98.1 cm³/mol. The standard InChI is InChI=1S/C19H20N2O4S/c1-12(2)25-10-9-21-16(13-5-7-20-8-6-13)15(18(23)19(21)24)17(22)14-4-3-11-26-14/h3-8,11-12,16,23H,9-10H2,1-2H3. The number of aromatic nitrogens is 1. The van der Waals surface area contributed by atoms with Crippen molar-refractivity contribution in [2.75, 3.05) is 13.2 Å². The molecule has 0 fully saturated rings. The van der Waals surface area contributed by atoms with Crippen LogP contribution in [-0.4, -0.2) is 45.9 Å². The minimum atomic E-state index is -0.657. The second-order valence-corrected chi connectivity index (χ2v) is 7.12. The van der Waals surface area contributed by atoms with E-state index in [0.717, 1.165) is 5.56 Å². The van der Waals surface area contributed by atoms with Crippen LogP contribution in [0.4, 0.5) is 0 Å². The first-order valence-corrected chi connectivity index (χ1v) is 9.22. The van der Waals surface area contributed by atoms with Crippen LogP contribution in [0.25, 0.3) is 0 Å². The highest BCUT2D eigenvalue weighted by molar-refractivity contribution is 7.12. The number of Topliss-reactive ketones (excluding diaryl/α,β-unsaturated/α-hetero) is 1. The van der Waals surface area contributed by atoms with Crippen LogP contribution in [0, 0.1) is 0 Å². The average molecular weight is 372 g/mol. The number of carbonyl (C=O) groups excluding carboxylic acids is 2. The molecule has 2 aromatic heterocycles. The van der Waals surface area contributed by atoms with Gasteiger partial charge in [-0.1, -0.05) is 6.07 Å². The van der Waals surface area contributed by atoms with Crippen molar-refractivity contribution in [3.8, 4) is 0 Å². The van der Waals surface area contributed by atoms with Crippen LogP contribution >= 0.6 is 11.3 Å². The van der Waals surface area contributed by atoms with Crippen molar-refractivity contribution in [3.63, 3.8) is 0 Å². The summed E-state index contributed by atoms with van der Waals surface area (Å²) < 4.78 is 5.55. The normalized spacial score (nSPS) is 17.4. The number of pyridine rings is 1. The number of rotatable bonds is 7. The fraction of sp³-hybridized carbons (Fsp3) is 0.316. The van der Waals surface area contributed by atoms with Gasteiger partial charge in [0, 0.05) is 18.9 Å². The van der Waals surface area contributed by atoms with Crippen LogP contribution in [-0.2, 0) is 9.53 Å². The van der Waals surface area contributed by atoms with Crippen molar-refractivity contribution in [1.82, 2.24) is 9.88 Å². The van der Waals surface area contributed by atoms with E-state index in [0.29, 0.717) is 11.5 Å². The molecule has 0 spiro atoms. The molecular weight excluding hydrogens is 352 g/mol. The Morgan fingerprint density at radius 1 is 1.35 bits per heavy atom. The lowest BCUT2D eigenvalue weighted by Crippen LogP contribution is -2.34. The molecule has 1 N–H and O–H groups in total. The summed E-state index contributed by atoms with van der Waals surface area (Å²) in [5.74, 6) is -1.38. The molecule has 0 aliphatic carbocycles. The van der Waals surface area contributed by atoms with Crippen LogP contribution in [0.1, 0.15) is 35.1 Å². The Hall–Kier alpha value is -2.51. The molecule has 2 aromatic rings. The molecule has 1 amide bonds. The fourth-order valence-electron chi connectivity index (χ4n) is 2.94. The third-order valence-corrected chi connectivity index (χ3v) is 4.97. The van der Waals surface area contributed by atoms with Crippen LogP contribution < -0.4 is 0 Å². The van der Waals surface area contributed by atoms with Crippen LogP contribution in [0.2, 0.25) is 0 Å². The maximum atomic E-state index is 12.9. The topological polar surface area (TPSA) is 79.7 Å². The lowest BCUT2D eigenvalue weighted by atomic mass is 9.96. The Bertz CT molecular complexity index is 815. The van der Waals surface area contributed by atoms with Gasteiger partial charge in [0.1, 0.15) is 0 Å². The minimum absolute atomic E-state index is 0.0286. The zero-order valence-corrected chi connectivity index (χ0v) is 15.4. The number of carbonyl (C=O) groups is 2. The molecule has 136 valence electrons. The molecule has 6 nitrogen and oxygen atoms in total. The third kappa shape index (κ3) is 3.54. The Morgan fingerprint density at radius 2 is 2.08 bits per heavy atom. The van der Waals surface area contributed by atoms with Gasteiger partial charge in [-0.05, 0) is 43.0 Å². The molecular formula is C19H20N2O4S. The largest absolute Gasteiger partial charge is 0.503 e. The molecule has 7 heteroatoms. The molecule has 1 atom stereocenters. The van der Waals surface area contributed by atoms with Crippen LogP contribution in [0.3, 0.4) is 0 Å². The van der Waals surface area contributed by atoms with Gasteiger partial charge in [0.25, 0.3) is 5.91 Å². The van der Waals surface area contributed by atoms with Crippen molar-refractivity contribution in [1.29, 1.82) is 0 Å². The number of aliphatic hydroxyl groups is 1. The van der Waals surface area contributed by atoms with Gasteiger partial charge in [0.15, 0.2) is 5.76 Å². The summed E-state index contributed by atoms with van der Waals surface area (Å²) in [6.45, 7) is 4.41. The van der Waals surface area contributed by atoms with E-state index in [4.69, 9.17) is 4.74 Å². The van der Waals surface area contributed by atoms with Gasteiger partial charge >= 0.3 is 0 Å². The molecule has 0 saturated carbocycles. The Morgan fingerprint density at radius 3 is 2.69 bits per heavy atom. The van der Waals surface area contributed by atoms with Gasteiger partial charge in [-0.3, -0.25) is 14.6 Å². The van der Waals surface area contributed by atoms with Gasteiger partial charge < -0.3 is 14.7 Å². The maximum Gasteiger partial charge on any atom is 0.290 e. The smallest absolute Gasteiger partial charge is 0.290 e. The first kappa shape index (κ1) is 18.3. The summed E-state index contributed by atoms with van der Waals surface area (Å²) in [4.78, 5) is 31.5. The second kappa shape index (κ2) is 7.80. The van der Waals surface area contributed by atoms with E-state index >= 15 is 0 Å².